The molecule has 5 nitrogen and oxygen atoms in total. The standard InChI is InChI=1S/C15H20N4O/c1-11-18-14(10-15(19-11)17-9-3-8-16)12-4-6-13(20-2)7-5-12/h4-7,10H,3,8-9,16H2,1-2H3,(H,17,18,19). The predicted molar refractivity (Wildman–Crippen MR) is 80.9 cm³/mol. The highest BCUT2D eigenvalue weighted by atomic mass is 16.5. The smallest absolute Gasteiger partial charge is 0.130 e. The van der Waals surface area contributed by atoms with Crippen LogP contribution in [0.15, 0.2) is 30.3 Å². The second-order valence-electron chi connectivity index (χ2n) is 4.48. The van der Waals surface area contributed by atoms with Crippen LogP contribution in [0.4, 0.5) is 5.82 Å². The molecule has 106 valence electrons. The minimum absolute atomic E-state index is 0.669. The lowest BCUT2D eigenvalue weighted by atomic mass is 10.1. The van der Waals surface area contributed by atoms with Gasteiger partial charge in [0.05, 0.1) is 12.8 Å². The van der Waals surface area contributed by atoms with Crippen molar-refractivity contribution in [1.29, 1.82) is 0 Å². The van der Waals surface area contributed by atoms with Gasteiger partial charge in [-0.1, -0.05) is 0 Å². The zero-order valence-corrected chi connectivity index (χ0v) is 11.9. The van der Waals surface area contributed by atoms with Crippen molar-refractivity contribution >= 4 is 5.82 Å². The van der Waals surface area contributed by atoms with E-state index in [1.165, 1.54) is 0 Å². The van der Waals surface area contributed by atoms with Crippen molar-refractivity contribution in [3.05, 3.63) is 36.2 Å². The van der Waals surface area contributed by atoms with Gasteiger partial charge in [0.15, 0.2) is 0 Å². The first-order valence-electron chi connectivity index (χ1n) is 6.67. The molecule has 5 heteroatoms. The van der Waals surface area contributed by atoms with Crippen LogP contribution in [-0.4, -0.2) is 30.2 Å². The molecule has 2 rings (SSSR count). The quantitative estimate of drug-likeness (QED) is 0.789. The third-order valence-corrected chi connectivity index (χ3v) is 2.91. The summed E-state index contributed by atoms with van der Waals surface area (Å²) in [5.74, 6) is 2.41. The van der Waals surface area contributed by atoms with Crippen molar-refractivity contribution in [2.24, 2.45) is 5.73 Å². The molecule has 0 amide bonds. The fraction of sp³-hybridized carbons (Fsp3) is 0.333. The van der Waals surface area contributed by atoms with Crippen molar-refractivity contribution in [1.82, 2.24) is 9.97 Å². The number of anilines is 1. The Morgan fingerprint density at radius 2 is 1.95 bits per heavy atom. The minimum Gasteiger partial charge on any atom is -0.497 e. The highest BCUT2D eigenvalue weighted by Gasteiger charge is 2.04. The van der Waals surface area contributed by atoms with E-state index in [9.17, 15) is 0 Å². The van der Waals surface area contributed by atoms with Gasteiger partial charge < -0.3 is 15.8 Å². The van der Waals surface area contributed by atoms with Crippen LogP contribution in [0.2, 0.25) is 0 Å². The van der Waals surface area contributed by atoms with Crippen LogP contribution >= 0.6 is 0 Å². The number of methoxy groups -OCH3 is 1. The van der Waals surface area contributed by atoms with Crippen molar-refractivity contribution in [2.75, 3.05) is 25.5 Å². The van der Waals surface area contributed by atoms with Crippen molar-refractivity contribution < 1.29 is 4.74 Å². The van der Waals surface area contributed by atoms with Crippen LogP contribution in [0.3, 0.4) is 0 Å². The van der Waals surface area contributed by atoms with E-state index < -0.39 is 0 Å². The zero-order valence-electron chi connectivity index (χ0n) is 11.9. The van der Waals surface area contributed by atoms with Gasteiger partial charge in [-0.15, -0.1) is 0 Å². The van der Waals surface area contributed by atoms with E-state index in [2.05, 4.69) is 15.3 Å². The Morgan fingerprint density at radius 3 is 2.60 bits per heavy atom. The van der Waals surface area contributed by atoms with Gasteiger partial charge in [0.1, 0.15) is 17.4 Å². The normalized spacial score (nSPS) is 10.3. The summed E-state index contributed by atoms with van der Waals surface area (Å²) in [4.78, 5) is 8.85. The summed E-state index contributed by atoms with van der Waals surface area (Å²) in [5.41, 5.74) is 7.42. The number of nitrogens with two attached hydrogens (primary N) is 1. The molecule has 1 heterocycles. The maximum Gasteiger partial charge on any atom is 0.130 e. The molecular weight excluding hydrogens is 252 g/mol. The van der Waals surface area contributed by atoms with Gasteiger partial charge in [-0.25, -0.2) is 9.97 Å². The molecule has 2 aromatic rings. The fourth-order valence-corrected chi connectivity index (χ4v) is 1.89. The lowest BCUT2D eigenvalue weighted by Gasteiger charge is -2.08. The lowest BCUT2D eigenvalue weighted by Crippen LogP contribution is -2.10. The topological polar surface area (TPSA) is 73.1 Å². The Morgan fingerprint density at radius 1 is 1.20 bits per heavy atom. The Bertz CT molecular complexity index is 554. The number of rotatable bonds is 6. The minimum atomic E-state index is 0.669. The molecular formula is C15H20N4O. The van der Waals surface area contributed by atoms with Crippen LogP contribution in [0, 0.1) is 6.92 Å². The van der Waals surface area contributed by atoms with E-state index in [-0.39, 0.29) is 0 Å². The van der Waals surface area contributed by atoms with E-state index in [0.717, 1.165) is 41.6 Å². The zero-order chi connectivity index (χ0) is 14.4. The van der Waals surface area contributed by atoms with E-state index in [1.807, 2.05) is 37.3 Å². The first-order chi connectivity index (χ1) is 9.72. The summed E-state index contributed by atoms with van der Waals surface area (Å²) >= 11 is 0. The monoisotopic (exact) mass is 272 g/mol. The van der Waals surface area contributed by atoms with E-state index in [4.69, 9.17) is 10.5 Å². The maximum atomic E-state index is 5.49. The summed E-state index contributed by atoms with van der Waals surface area (Å²) in [6, 6.07) is 9.78. The molecule has 0 bridgehead atoms. The first kappa shape index (κ1) is 14.3. The summed E-state index contributed by atoms with van der Waals surface area (Å²) in [5, 5.41) is 3.26. The number of benzene rings is 1. The second-order valence-corrected chi connectivity index (χ2v) is 4.48. The van der Waals surface area contributed by atoms with Crippen molar-refractivity contribution in [3.8, 4) is 17.0 Å². The Kier molecular flexibility index (Phi) is 4.90. The van der Waals surface area contributed by atoms with Crippen LogP contribution < -0.4 is 15.8 Å². The number of hydrogen-bond donors (Lipinski definition) is 2. The van der Waals surface area contributed by atoms with Gasteiger partial charge in [-0.05, 0) is 44.2 Å². The van der Waals surface area contributed by atoms with Gasteiger partial charge in [-0.3, -0.25) is 0 Å². The molecule has 1 aromatic carbocycles. The molecule has 1 aromatic heterocycles. The SMILES string of the molecule is COc1ccc(-c2cc(NCCCN)nc(C)n2)cc1. The molecule has 0 saturated heterocycles. The second kappa shape index (κ2) is 6.86. The average Bonchev–Trinajstić information content (AvgIpc) is 2.47. The molecule has 0 atom stereocenters. The number of nitrogens with one attached hydrogen (secondary N) is 1. The third kappa shape index (κ3) is 3.68. The number of aryl methyl sites for hydroxylation is 1. The molecule has 0 aliphatic heterocycles. The van der Waals surface area contributed by atoms with Gasteiger partial charge >= 0.3 is 0 Å². The molecule has 0 radical (unpaired) electrons. The van der Waals surface area contributed by atoms with E-state index >= 15 is 0 Å². The van der Waals surface area contributed by atoms with Crippen LogP contribution in [0.5, 0.6) is 5.75 Å². The van der Waals surface area contributed by atoms with E-state index in [1.54, 1.807) is 7.11 Å². The van der Waals surface area contributed by atoms with Crippen LogP contribution in [0.25, 0.3) is 11.3 Å². The highest BCUT2D eigenvalue weighted by molar-refractivity contribution is 5.63. The summed E-state index contributed by atoms with van der Waals surface area (Å²) in [6.45, 7) is 3.37. The summed E-state index contributed by atoms with van der Waals surface area (Å²) in [6.07, 6.45) is 0.918. The van der Waals surface area contributed by atoms with E-state index in [0.29, 0.717) is 6.54 Å². The molecule has 3 N–H and O–H groups in total. The van der Waals surface area contributed by atoms with Gasteiger partial charge in [0, 0.05) is 18.2 Å². The number of hydrogen-bond acceptors (Lipinski definition) is 5. The van der Waals surface area contributed by atoms with Gasteiger partial charge in [-0.2, -0.15) is 0 Å². The number of nitrogens with zero attached hydrogens (tertiary/aromatic N) is 2. The van der Waals surface area contributed by atoms with Crippen molar-refractivity contribution in [3.63, 3.8) is 0 Å². The summed E-state index contributed by atoms with van der Waals surface area (Å²) in [7, 11) is 1.66. The molecule has 0 spiro atoms. The molecule has 0 aliphatic rings. The lowest BCUT2D eigenvalue weighted by molar-refractivity contribution is 0.415. The Labute approximate surface area is 119 Å². The average molecular weight is 272 g/mol. The highest BCUT2D eigenvalue weighted by Crippen LogP contribution is 2.22. The molecule has 0 fully saturated rings. The van der Waals surface area contributed by atoms with Crippen LogP contribution in [0.1, 0.15) is 12.2 Å². The Hall–Kier alpha value is -2.14. The van der Waals surface area contributed by atoms with Crippen LogP contribution in [-0.2, 0) is 0 Å². The number of aromatic nitrogens is 2. The molecule has 0 saturated carbocycles. The van der Waals surface area contributed by atoms with Crippen molar-refractivity contribution in [2.45, 2.75) is 13.3 Å². The molecule has 20 heavy (non-hydrogen) atoms. The Balaban J connectivity index is 2.21. The third-order valence-electron chi connectivity index (χ3n) is 2.91. The van der Waals surface area contributed by atoms with Gasteiger partial charge in [0.2, 0.25) is 0 Å². The molecule has 0 aliphatic carbocycles. The summed E-state index contributed by atoms with van der Waals surface area (Å²) < 4.78 is 5.16. The largest absolute Gasteiger partial charge is 0.497 e. The molecule has 0 unspecified atom stereocenters. The fourth-order valence-electron chi connectivity index (χ4n) is 1.89. The number of ether oxygens (including phenoxy) is 1. The predicted octanol–water partition coefficient (Wildman–Crippen LogP) is 2.22. The first-order valence-corrected chi connectivity index (χ1v) is 6.67. The van der Waals surface area contributed by atoms with Gasteiger partial charge in [0.25, 0.3) is 0 Å². The maximum absolute atomic E-state index is 5.49.